The summed E-state index contributed by atoms with van der Waals surface area (Å²) in [6.07, 6.45) is 1.45. The summed E-state index contributed by atoms with van der Waals surface area (Å²) in [4.78, 5) is 25.9. The average Bonchev–Trinajstić information content (AvgIpc) is 3.20. The van der Waals surface area contributed by atoms with Crippen LogP contribution in [0.5, 0.6) is 0 Å². The minimum Gasteiger partial charge on any atom is -0.459 e. The molecule has 0 atom stereocenters. The number of hydrogen-bond acceptors (Lipinski definition) is 4. The van der Waals surface area contributed by atoms with Gasteiger partial charge < -0.3 is 15.1 Å². The lowest BCUT2D eigenvalue weighted by Gasteiger charge is -2.06. The predicted molar refractivity (Wildman–Crippen MR) is 94.8 cm³/mol. The van der Waals surface area contributed by atoms with E-state index in [0.717, 1.165) is 10.4 Å². The average molecular weight is 340 g/mol. The van der Waals surface area contributed by atoms with E-state index < -0.39 is 0 Å². The molecule has 0 aliphatic heterocycles. The molecule has 0 saturated heterocycles. The van der Waals surface area contributed by atoms with Gasteiger partial charge in [-0.1, -0.05) is 0 Å². The van der Waals surface area contributed by atoms with Gasteiger partial charge in [0.1, 0.15) is 0 Å². The fraction of sp³-hybridized carbons (Fsp3) is 0.111. The Morgan fingerprint density at radius 3 is 2.08 bits per heavy atom. The first kappa shape index (κ1) is 16.0. The maximum Gasteiger partial charge on any atom is 0.291 e. The van der Waals surface area contributed by atoms with Crippen molar-refractivity contribution in [2.75, 3.05) is 10.6 Å². The van der Waals surface area contributed by atoms with Gasteiger partial charge in [-0.3, -0.25) is 9.59 Å². The lowest BCUT2D eigenvalue weighted by molar-refractivity contribution is 0.0994. The number of aryl methyl sites for hydroxylation is 2. The van der Waals surface area contributed by atoms with Gasteiger partial charge in [0.2, 0.25) is 0 Å². The van der Waals surface area contributed by atoms with Crippen molar-refractivity contribution >= 4 is 34.5 Å². The largest absolute Gasteiger partial charge is 0.459 e. The number of rotatable bonds is 4. The quantitative estimate of drug-likeness (QED) is 0.736. The summed E-state index contributed by atoms with van der Waals surface area (Å²) in [7, 11) is 0. The van der Waals surface area contributed by atoms with Crippen molar-refractivity contribution in [3.63, 3.8) is 0 Å². The van der Waals surface area contributed by atoms with E-state index in [1.54, 1.807) is 36.4 Å². The molecule has 0 spiro atoms. The van der Waals surface area contributed by atoms with E-state index in [4.69, 9.17) is 4.42 Å². The van der Waals surface area contributed by atoms with Crippen LogP contribution in [0.3, 0.4) is 0 Å². The fourth-order valence-corrected chi connectivity index (χ4v) is 3.04. The number of carbonyl (C=O) groups is 2. The van der Waals surface area contributed by atoms with Crippen molar-refractivity contribution in [3.05, 3.63) is 69.8 Å². The van der Waals surface area contributed by atoms with Gasteiger partial charge in [0, 0.05) is 16.3 Å². The third kappa shape index (κ3) is 3.55. The summed E-state index contributed by atoms with van der Waals surface area (Å²) < 4.78 is 5.04. The van der Waals surface area contributed by atoms with Gasteiger partial charge in [-0.25, -0.2) is 0 Å². The second kappa shape index (κ2) is 6.72. The molecule has 0 radical (unpaired) electrons. The van der Waals surface area contributed by atoms with Crippen LogP contribution in [-0.4, -0.2) is 11.8 Å². The van der Waals surface area contributed by atoms with Gasteiger partial charge in [0.15, 0.2) is 5.76 Å². The molecule has 0 saturated carbocycles. The Kier molecular flexibility index (Phi) is 4.48. The Morgan fingerprint density at radius 1 is 0.958 bits per heavy atom. The highest BCUT2D eigenvalue weighted by molar-refractivity contribution is 7.14. The molecule has 0 bridgehead atoms. The Bertz CT molecular complexity index is 845. The van der Waals surface area contributed by atoms with E-state index in [0.29, 0.717) is 16.3 Å². The zero-order chi connectivity index (χ0) is 17.1. The van der Waals surface area contributed by atoms with E-state index in [-0.39, 0.29) is 17.6 Å². The predicted octanol–water partition coefficient (Wildman–Crippen LogP) is 4.46. The lowest BCUT2D eigenvalue weighted by Crippen LogP contribution is -2.12. The van der Waals surface area contributed by atoms with Gasteiger partial charge in [-0.05, 0) is 61.9 Å². The molecule has 3 rings (SSSR count). The summed E-state index contributed by atoms with van der Waals surface area (Å²) in [5, 5.41) is 5.57. The summed E-state index contributed by atoms with van der Waals surface area (Å²) in [5.41, 5.74) is 2.40. The number of amides is 2. The molecule has 3 aromatic rings. The van der Waals surface area contributed by atoms with Crippen LogP contribution in [0.1, 0.15) is 30.7 Å². The van der Waals surface area contributed by atoms with Gasteiger partial charge in [-0.2, -0.15) is 0 Å². The molecule has 122 valence electrons. The molecule has 6 heteroatoms. The molecule has 0 unspecified atom stereocenters. The molecule has 2 amide bonds. The number of thiophene rings is 1. The van der Waals surface area contributed by atoms with Crippen molar-refractivity contribution in [1.82, 2.24) is 0 Å². The van der Waals surface area contributed by atoms with Crippen LogP contribution in [0.2, 0.25) is 0 Å². The highest BCUT2D eigenvalue weighted by atomic mass is 32.1. The van der Waals surface area contributed by atoms with Crippen molar-refractivity contribution in [2.24, 2.45) is 0 Å². The van der Waals surface area contributed by atoms with E-state index in [9.17, 15) is 9.59 Å². The standard InChI is InChI=1S/C18H16N2O3S/c1-11-10-16(24-12(11)2)18(22)20-14-7-5-13(6-8-14)19-17(21)15-4-3-9-23-15/h3-10H,1-2H3,(H,19,21)(H,20,22). The zero-order valence-electron chi connectivity index (χ0n) is 13.3. The molecular formula is C18H16N2O3S. The van der Waals surface area contributed by atoms with Gasteiger partial charge in [-0.15, -0.1) is 11.3 Å². The highest BCUT2D eigenvalue weighted by Gasteiger charge is 2.11. The molecular weight excluding hydrogens is 324 g/mol. The highest BCUT2D eigenvalue weighted by Crippen LogP contribution is 2.22. The van der Waals surface area contributed by atoms with E-state index >= 15 is 0 Å². The van der Waals surface area contributed by atoms with Gasteiger partial charge >= 0.3 is 0 Å². The van der Waals surface area contributed by atoms with Crippen LogP contribution in [-0.2, 0) is 0 Å². The molecule has 2 heterocycles. The van der Waals surface area contributed by atoms with Gasteiger partial charge in [0.25, 0.3) is 11.8 Å². The Balaban J connectivity index is 1.64. The molecule has 0 aliphatic rings. The maximum atomic E-state index is 12.2. The number of furan rings is 1. The van der Waals surface area contributed by atoms with Crippen LogP contribution in [0.15, 0.2) is 53.1 Å². The smallest absolute Gasteiger partial charge is 0.291 e. The van der Waals surface area contributed by atoms with Gasteiger partial charge in [0.05, 0.1) is 11.1 Å². The van der Waals surface area contributed by atoms with E-state index in [2.05, 4.69) is 10.6 Å². The second-order valence-electron chi connectivity index (χ2n) is 5.31. The molecule has 0 fully saturated rings. The number of benzene rings is 1. The van der Waals surface area contributed by atoms with Crippen LogP contribution in [0, 0.1) is 13.8 Å². The normalized spacial score (nSPS) is 10.4. The molecule has 1 aromatic carbocycles. The number of nitrogens with one attached hydrogen (secondary N) is 2. The second-order valence-corrected chi connectivity index (χ2v) is 6.57. The Labute approximate surface area is 143 Å². The molecule has 2 aromatic heterocycles. The van der Waals surface area contributed by atoms with Crippen molar-refractivity contribution in [1.29, 1.82) is 0 Å². The molecule has 24 heavy (non-hydrogen) atoms. The SMILES string of the molecule is Cc1cc(C(=O)Nc2ccc(NC(=O)c3ccco3)cc2)sc1C. The summed E-state index contributed by atoms with van der Waals surface area (Å²) >= 11 is 1.47. The zero-order valence-corrected chi connectivity index (χ0v) is 14.1. The fourth-order valence-electron chi connectivity index (χ4n) is 2.12. The molecule has 0 aliphatic carbocycles. The minimum absolute atomic E-state index is 0.136. The Morgan fingerprint density at radius 2 is 1.58 bits per heavy atom. The van der Waals surface area contributed by atoms with Crippen LogP contribution in [0.4, 0.5) is 11.4 Å². The van der Waals surface area contributed by atoms with Crippen LogP contribution >= 0.6 is 11.3 Å². The first-order valence-electron chi connectivity index (χ1n) is 7.36. The number of anilines is 2. The van der Waals surface area contributed by atoms with E-state index in [1.165, 1.54) is 17.6 Å². The molecule has 2 N–H and O–H groups in total. The van der Waals surface area contributed by atoms with E-state index in [1.807, 2.05) is 19.9 Å². The first-order chi connectivity index (χ1) is 11.5. The monoisotopic (exact) mass is 340 g/mol. The van der Waals surface area contributed by atoms with Crippen LogP contribution in [0.25, 0.3) is 0 Å². The summed E-state index contributed by atoms with van der Waals surface area (Å²) in [5.74, 6) is -0.208. The minimum atomic E-state index is -0.318. The van der Waals surface area contributed by atoms with Crippen molar-refractivity contribution in [2.45, 2.75) is 13.8 Å². The van der Waals surface area contributed by atoms with Crippen molar-refractivity contribution < 1.29 is 14.0 Å². The lowest BCUT2D eigenvalue weighted by atomic mass is 10.2. The maximum absolute atomic E-state index is 12.2. The third-order valence-corrected chi connectivity index (χ3v) is 4.69. The molecule has 5 nitrogen and oxygen atoms in total. The first-order valence-corrected chi connectivity index (χ1v) is 8.18. The summed E-state index contributed by atoms with van der Waals surface area (Å²) in [6.45, 7) is 3.98. The number of hydrogen-bond donors (Lipinski definition) is 2. The Hall–Kier alpha value is -2.86. The van der Waals surface area contributed by atoms with Crippen molar-refractivity contribution in [3.8, 4) is 0 Å². The third-order valence-electron chi connectivity index (χ3n) is 3.54. The summed E-state index contributed by atoms with van der Waals surface area (Å²) in [6, 6.07) is 12.1. The topological polar surface area (TPSA) is 71.3 Å². The van der Waals surface area contributed by atoms with Crippen LogP contribution < -0.4 is 10.6 Å². The number of carbonyl (C=O) groups excluding carboxylic acids is 2.